The third-order valence-electron chi connectivity index (χ3n) is 4.67. The smallest absolute Gasteiger partial charge is 0.242 e. The predicted molar refractivity (Wildman–Crippen MR) is 105 cm³/mol. The number of nitrogens with one attached hydrogen (secondary N) is 2. The average Bonchev–Trinajstić information content (AvgIpc) is 2.84. The van der Waals surface area contributed by atoms with Crippen LogP contribution in [0.25, 0.3) is 0 Å². The minimum absolute atomic E-state index is 0.0246. The van der Waals surface area contributed by atoms with Gasteiger partial charge in [0.15, 0.2) is 0 Å². The first-order valence-electron chi connectivity index (χ1n) is 9.84. The van der Waals surface area contributed by atoms with Crippen LogP contribution in [0.5, 0.6) is 0 Å². The number of hydrogen-bond acceptors (Lipinski definition) is 3. The molecule has 0 aromatic heterocycles. The van der Waals surface area contributed by atoms with Gasteiger partial charge in [-0.25, -0.2) is 0 Å². The Morgan fingerprint density at radius 1 is 1.11 bits per heavy atom. The summed E-state index contributed by atoms with van der Waals surface area (Å²) in [6.45, 7) is 5.10. The van der Waals surface area contributed by atoms with Crippen molar-refractivity contribution in [2.24, 2.45) is 5.92 Å². The summed E-state index contributed by atoms with van der Waals surface area (Å²) in [5.41, 5.74) is 1.01. The van der Waals surface area contributed by atoms with Gasteiger partial charge in [-0.2, -0.15) is 0 Å². The van der Waals surface area contributed by atoms with E-state index in [1.807, 2.05) is 44.2 Å². The first-order chi connectivity index (χ1) is 13.0. The summed E-state index contributed by atoms with van der Waals surface area (Å²) in [5, 5.41) is 5.73. The van der Waals surface area contributed by atoms with Crippen molar-refractivity contribution in [1.82, 2.24) is 15.5 Å². The Bertz CT molecular complexity index is 631. The van der Waals surface area contributed by atoms with E-state index in [0.717, 1.165) is 24.8 Å². The van der Waals surface area contributed by atoms with Gasteiger partial charge in [-0.05, 0) is 30.7 Å². The summed E-state index contributed by atoms with van der Waals surface area (Å²) in [6.07, 6.45) is 3.88. The highest BCUT2D eigenvalue weighted by atomic mass is 16.2. The molecular formula is C21H31N3O3. The quantitative estimate of drug-likeness (QED) is 0.733. The van der Waals surface area contributed by atoms with Gasteiger partial charge >= 0.3 is 0 Å². The fourth-order valence-corrected chi connectivity index (χ4v) is 3.23. The molecule has 1 saturated heterocycles. The van der Waals surface area contributed by atoms with Crippen molar-refractivity contribution >= 4 is 17.7 Å². The van der Waals surface area contributed by atoms with E-state index in [1.165, 1.54) is 0 Å². The van der Waals surface area contributed by atoms with Gasteiger partial charge in [-0.15, -0.1) is 0 Å². The largest absolute Gasteiger partial charge is 0.350 e. The Labute approximate surface area is 161 Å². The molecule has 1 aromatic carbocycles. The second kappa shape index (κ2) is 10.7. The number of amides is 3. The Hall–Kier alpha value is -2.37. The first kappa shape index (κ1) is 20.9. The van der Waals surface area contributed by atoms with Crippen LogP contribution < -0.4 is 10.6 Å². The highest BCUT2D eigenvalue weighted by Gasteiger charge is 2.24. The van der Waals surface area contributed by atoms with Crippen LogP contribution in [0.3, 0.4) is 0 Å². The van der Waals surface area contributed by atoms with Gasteiger partial charge in [0.2, 0.25) is 17.7 Å². The molecule has 6 heteroatoms. The van der Waals surface area contributed by atoms with Crippen molar-refractivity contribution in [2.75, 3.05) is 13.1 Å². The zero-order chi connectivity index (χ0) is 19.6. The molecule has 1 unspecified atom stereocenters. The van der Waals surface area contributed by atoms with Crippen LogP contribution >= 0.6 is 0 Å². The Morgan fingerprint density at radius 3 is 2.56 bits per heavy atom. The molecule has 1 aliphatic rings. The third-order valence-corrected chi connectivity index (χ3v) is 4.67. The Balaban J connectivity index is 1.90. The average molecular weight is 373 g/mol. The maximum absolute atomic E-state index is 12.6. The molecule has 6 nitrogen and oxygen atoms in total. The molecule has 0 radical (unpaired) electrons. The number of hydrogen-bond donors (Lipinski definition) is 2. The summed E-state index contributed by atoms with van der Waals surface area (Å²) in [6, 6.07) is 9.07. The number of carbonyl (C=O) groups is 3. The van der Waals surface area contributed by atoms with Crippen molar-refractivity contribution < 1.29 is 14.4 Å². The highest BCUT2D eigenvalue weighted by Crippen LogP contribution is 2.11. The standard InChI is InChI=1S/C21H31N3O3/c1-16(2)13-18(21(27)22-14-17-9-5-3-6-10-17)23-19(25)15-24-12-8-4-7-11-20(24)26/h3,5-6,9-10,16,18H,4,7-8,11-15H2,1-2H3,(H,22,27)(H,23,25). The van der Waals surface area contributed by atoms with Crippen LogP contribution in [-0.2, 0) is 20.9 Å². The summed E-state index contributed by atoms with van der Waals surface area (Å²) in [5.74, 6) is -0.178. The minimum Gasteiger partial charge on any atom is -0.350 e. The van der Waals surface area contributed by atoms with Crippen molar-refractivity contribution in [2.45, 2.75) is 58.5 Å². The maximum atomic E-state index is 12.6. The fraction of sp³-hybridized carbons (Fsp3) is 0.571. The third kappa shape index (κ3) is 7.41. The lowest BCUT2D eigenvalue weighted by molar-refractivity contribution is -0.136. The van der Waals surface area contributed by atoms with Crippen molar-refractivity contribution in [1.29, 1.82) is 0 Å². The lowest BCUT2D eigenvalue weighted by Gasteiger charge is -2.24. The zero-order valence-corrected chi connectivity index (χ0v) is 16.4. The predicted octanol–water partition coefficient (Wildman–Crippen LogP) is 2.24. The lowest BCUT2D eigenvalue weighted by atomic mass is 10.0. The highest BCUT2D eigenvalue weighted by molar-refractivity contribution is 5.90. The molecule has 3 amide bonds. The van der Waals surface area contributed by atoms with Crippen LogP contribution in [0.1, 0.15) is 51.5 Å². The van der Waals surface area contributed by atoms with Crippen molar-refractivity contribution in [3.05, 3.63) is 35.9 Å². The topological polar surface area (TPSA) is 78.5 Å². The van der Waals surface area contributed by atoms with Gasteiger partial charge in [0.25, 0.3) is 0 Å². The molecule has 148 valence electrons. The lowest BCUT2D eigenvalue weighted by Crippen LogP contribution is -2.50. The van der Waals surface area contributed by atoms with E-state index in [9.17, 15) is 14.4 Å². The summed E-state index contributed by atoms with van der Waals surface area (Å²) < 4.78 is 0. The van der Waals surface area contributed by atoms with E-state index in [1.54, 1.807) is 4.90 Å². The van der Waals surface area contributed by atoms with Crippen molar-refractivity contribution in [3.63, 3.8) is 0 Å². The molecule has 0 saturated carbocycles. The monoisotopic (exact) mass is 373 g/mol. The SMILES string of the molecule is CC(C)CC(NC(=O)CN1CCCCCC1=O)C(=O)NCc1ccccc1. The van der Waals surface area contributed by atoms with E-state index < -0.39 is 6.04 Å². The van der Waals surface area contributed by atoms with E-state index in [0.29, 0.717) is 25.9 Å². The van der Waals surface area contributed by atoms with Crippen LogP contribution in [-0.4, -0.2) is 41.8 Å². The second-order valence-electron chi connectivity index (χ2n) is 7.58. The normalized spacial score (nSPS) is 16.0. The van der Waals surface area contributed by atoms with Gasteiger partial charge < -0.3 is 15.5 Å². The summed E-state index contributed by atoms with van der Waals surface area (Å²) in [7, 11) is 0. The minimum atomic E-state index is -0.594. The fourth-order valence-electron chi connectivity index (χ4n) is 3.23. The van der Waals surface area contributed by atoms with E-state index in [4.69, 9.17) is 0 Å². The van der Waals surface area contributed by atoms with E-state index in [2.05, 4.69) is 10.6 Å². The number of nitrogens with zero attached hydrogens (tertiary/aromatic N) is 1. The van der Waals surface area contributed by atoms with Crippen LogP contribution in [0.4, 0.5) is 0 Å². The molecule has 0 spiro atoms. The number of benzene rings is 1. The molecule has 1 fully saturated rings. The van der Waals surface area contributed by atoms with Crippen molar-refractivity contribution in [3.8, 4) is 0 Å². The van der Waals surface area contributed by atoms with Gasteiger partial charge in [0.05, 0.1) is 6.54 Å². The zero-order valence-electron chi connectivity index (χ0n) is 16.4. The number of likely N-dealkylation sites (tertiary alicyclic amines) is 1. The molecule has 1 aromatic rings. The van der Waals surface area contributed by atoms with E-state index in [-0.39, 0.29) is 30.2 Å². The molecule has 0 bridgehead atoms. The van der Waals surface area contributed by atoms with E-state index >= 15 is 0 Å². The molecule has 1 heterocycles. The van der Waals surface area contributed by atoms with Gasteiger partial charge in [-0.1, -0.05) is 50.6 Å². The second-order valence-corrected chi connectivity index (χ2v) is 7.58. The van der Waals surface area contributed by atoms with Crippen LogP contribution in [0.2, 0.25) is 0 Å². The Morgan fingerprint density at radius 2 is 1.85 bits per heavy atom. The number of carbonyl (C=O) groups excluding carboxylic acids is 3. The van der Waals surface area contributed by atoms with Gasteiger partial charge in [0.1, 0.15) is 6.04 Å². The molecule has 0 aliphatic carbocycles. The number of rotatable bonds is 8. The molecule has 2 N–H and O–H groups in total. The Kier molecular flexibility index (Phi) is 8.30. The van der Waals surface area contributed by atoms with Gasteiger partial charge in [-0.3, -0.25) is 14.4 Å². The molecule has 1 aliphatic heterocycles. The maximum Gasteiger partial charge on any atom is 0.242 e. The molecule has 2 rings (SSSR count). The summed E-state index contributed by atoms with van der Waals surface area (Å²) >= 11 is 0. The molecule has 1 atom stereocenters. The van der Waals surface area contributed by atoms with Gasteiger partial charge in [0, 0.05) is 19.5 Å². The van der Waals surface area contributed by atoms with Crippen LogP contribution in [0, 0.1) is 5.92 Å². The molecule has 27 heavy (non-hydrogen) atoms. The first-order valence-corrected chi connectivity index (χ1v) is 9.84. The molecular weight excluding hydrogens is 342 g/mol. The van der Waals surface area contributed by atoms with Crippen LogP contribution in [0.15, 0.2) is 30.3 Å². The summed E-state index contributed by atoms with van der Waals surface area (Å²) in [4.78, 5) is 38.7.